The second-order valence-corrected chi connectivity index (χ2v) is 9.54. The molecule has 0 bridgehead atoms. The highest BCUT2D eigenvalue weighted by atomic mass is 19.2. The average Bonchev–Trinajstić information content (AvgIpc) is 3.34. The minimum atomic E-state index is -0.846. The molecule has 0 unspecified atom stereocenters. The Labute approximate surface area is 208 Å². The summed E-state index contributed by atoms with van der Waals surface area (Å²) in [4.78, 5) is 19.0. The number of H-pyrrole nitrogens is 1. The molecule has 0 amide bonds. The lowest BCUT2D eigenvalue weighted by molar-refractivity contribution is 0.312. The molecule has 2 saturated heterocycles. The van der Waals surface area contributed by atoms with Gasteiger partial charge in [-0.25, -0.2) is 18.7 Å². The summed E-state index contributed by atoms with van der Waals surface area (Å²) in [7, 11) is 2.14. The number of hydrogen-bond acceptors (Lipinski definition) is 6. The zero-order valence-electron chi connectivity index (χ0n) is 20.3. The van der Waals surface area contributed by atoms with Gasteiger partial charge in [0.25, 0.3) is 0 Å². The van der Waals surface area contributed by atoms with Crippen molar-refractivity contribution >= 4 is 22.5 Å². The smallest absolute Gasteiger partial charge is 0.182 e. The van der Waals surface area contributed by atoms with Crippen LogP contribution >= 0.6 is 0 Å². The number of benzene rings is 1. The molecule has 1 aromatic carbocycles. The molecule has 36 heavy (non-hydrogen) atoms. The number of rotatable bonds is 4. The molecule has 0 spiro atoms. The highest BCUT2D eigenvalue weighted by Gasteiger charge is 2.20. The zero-order chi connectivity index (χ0) is 24.6. The molecule has 0 atom stereocenters. The SMILES string of the molecule is CN1CCN(c2cc(-c3c[nH]c4ncc(-c5cc(F)c(F)c(N6CCNCC6)c5)cc34)ccn2)CC1. The van der Waals surface area contributed by atoms with E-state index in [2.05, 4.69) is 43.2 Å². The number of likely N-dealkylation sites (N-methyl/N-ethyl adjacent to an activating group) is 1. The van der Waals surface area contributed by atoms with Crippen LogP contribution in [0.4, 0.5) is 20.3 Å². The fourth-order valence-electron chi connectivity index (χ4n) is 5.07. The molecule has 9 heteroatoms. The summed E-state index contributed by atoms with van der Waals surface area (Å²) in [5.74, 6) is -0.688. The standard InChI is InChI=1S/C27H29F2N7/c1-34-8-10-36(11-9-34)25-15-18(2-3-31-25)22-17-33-27-21(22)12-20(16-32-27)19-13-23(28)26(29)24(14-19)35-6-4-30-5-7-35/h2-3,12-17,30H,4-11H2,1H3,(H,32,33). The summed E-state index contributed by atoms with van der Waals surface area (Å²) >= 11 is 0. The Balaban J connectivity index is 1.37. The van der Waals surface area contributed by atoms with E-state index in [9.17, 15) is 8.78 Å². The molecule has 7 nitrogen and oxygen atoms in total. The lowest BCUT2D eigenvalue weighted by Crippen LogP contribution is -2.44. The second kappa shape index (κ2) is 9.48. The van der Waals surface area contributed by atoms with Crippen molar-refractivity contribution < 1.29 is 8.78 Å². The number of anilines is 2. The van der Waals surface area contributed by atoms with Gasteiger partial charge in [-0.3, -0.25) is 0 Å². The van der Waals surface area contributed by atoms with E-state index in [-0.39, 0.29) is 0 Å². The first-order chi connectivity index (χ1) is 17.6. The van der Waals surface area contributed by atoms with Crippen LogP contribution in [0.15, 0.2) is 48.9 Å². The third-order valence-corrected chi connectivity index (χ3v) is 7.21. The van der Waals surface area contributed by atoms with Crippen LogP contribution in [-0.2, 0) is 0 Å². The molecule has 4 aromatic rings. The largest absolute Gasteiger partial charge is 0.367 e. The Hall–Kier alpha value is -3.56. The average molecular weight is 490 g/mol. The van der Waals surface area contributed by atoms with Crippen LogP contribution in [0.2, 0.25) is 0 Å². The Bertz CT molecular complexity index is 1390. The van der Waals surface area contributed by atoms with Gasteiger partial charge >= 0.3 is 0 Å². The van der Waals surface area contributed by atoms with Gasteiger partial charge in [0.1, 0.15) is 11.5 Å². The Morgan fingerprint density at radius 3 is 2.44 bits per heavy atom. The van der Waals surface area contributed by atoms with Crippen molar-refractivity contribution in [2.24, 2.45) is 0 Å². The van der Waals surface area contributed by atoms with E-state index in [1.807, 2.05) is 29.4 Å². The maximum Gasteiger partial charge on any atom is 0.182 e. The zero-order valence-corrected chi connectivity index (χ0v) is 20.3. The number of piperazine rings is 2. The maximum absolute atomic E-state index is 14.7. The predicted molar refractivity (Wildman–Crippen MR) is 139 cm³/mol. The highest BCUT2D eigenvalue weighted by molar-refractivity contribution is 5.96. The first-order valence-corrected chi connectivity index (χ1v) is 12.4. The highest BCUT2D eigenvalue weighted by Crippen LogP contribution is 2.34. The number of nitrogens with one attached hydrogen (secondary N) is 2. The van der Waals surface area contributed by atoms with Crippen LogP contribution in [0.3, 0.4) is 0 Å². The van der Waals surface area contributed by atoms with Gasteiger partial charge in [-0.05, 0) is 48.5 Å². The minimum absolute atomic E-state index is 0.298. The van der Waals surface area contributed by atoms with Crippen molar-refractivity contribution in [1.82, 2.24) is 25.2 Å². The van der Waals surface area contributed by atoms with Gasteiger partial charge in [0, 0.05) is 87.5 Å². The number of aromatic amines is 1. The van der Waals surface area contributed by atoms with Crippen molar-refractivity contribution in [3.05, 3.63) is 60.6 Å². The van der Waals surface area contributed by atoms with E-state index in [0.29, 0.717) is 24.3 Å². The fraction of sp³-hybridized carbons (Fsp3) is 0.333. The quantitative estimate of drug-likeness (QED) is 0.456. The van der Waals surface area contributed by atoms with E-state index in [0.717, 1.165) is 72.8 Å². The topological polar surface area (TPSA) is 63.3 Å². The predicted octanol–water partition coefficient (Wildman–Crippen LogP) is 3.73. The number of halogens is 2. The first kappa shape index (κ1) is 22.9. The number of pyridine rings is 2. The summed E-state index contributed by atoms with van der Waals surface area (Å²) in [6, 6.07) is 9.10. The third-order valence-electron chi connectivity index (χ3n) is 7.21. The van der Waals surface area contributed by atoms with E-state index in [1.165, 1.54) is 6.07 Å². The normalized spacial score (nSPS) is 17.2. The van der Waals surface area contributed by atoms with Crippen molar-refractivity contribution in [3.63, 3.8) is 0 Å². The van der Waals surface area contributed by atoms with Crippen LogP contribution in [0.5, 0.6) is 0 Å². The molecule has 2 fully saturated rings. The third kappa shape index (κ3) is 4.29. The van der Waals surface area contributed by atoms with Gasteiger partial charge in [-0.15, -0.1) is 0 Å². The number of aromatic nitrogens is 3. The first-order valence-electron chi connectivity index (χ1n) is 12.4. The lowest BCUT2D eigenvalue weighted by Gasteiger charge is -2.33. The van der Waals surface area contributed by atoms with Gasteiger partial charge in [-0.1, -0.05) is 0 Å². The monoisotopic (exact) mass is 489 g/mol. The van der Waals surface area contributed by atoms with Gasteiger partial charge in [0.05, 0.1) is 5.69 Å². The van der Waals surface area contributed by atoms with E-state index >= 15 is 0 Å². The summed E-state index contributed by atoms with van der Waals surface area (Å²) in [6.45, 7) is 6.66. The van der Waals surface area contributed by atoms with E-state index < -0.39 is 11.6 Å². The molecular formula is C27H29F2N7. The molecule has 186 valence electrons. The van der Waals surface area contributed by atoms with Crippen LogP contribution in [0.25, 0.3) is 33.3 Å². The molecule has 6 rings (SSSR count). The van der Waals surface area contributed by atoms with E-state index in [4.69, 9.17) is 0 Å². The summed E-state index contributed by atoms with van der Waals surface area (Å²) in [6.07, 6.45) is 5.50. The second-order valence-electron chi connectivity index (χ2n) is 9.54. The summed E-state index contributed by atoms with van der Waals surface area (Å²) in [5.41, 5.74) is 4.44. The number of nitrogens with zero attached hydrogens (tertiary/aromatic N) is 5. The number of hydrogen-bond donors (Lipinski definition) is 2. The maximum atomic E-state index is 14.7. The van der Waals surface area contributed by atoms with Crippen molar-refractivity contribution in [2.75, 3.05) is 69.2 Å². The molecule has 0 saturated carbocycles. The van der Waals surface area contributed by atoms with Gasteiger partial charge in [-0.2, -0.15) is 0 Å². The molecule has 3 aromatic heterocycles. The van der Waals surface area contributed by atoms with Crippen LogP contribution < -0.4 is 15.1 Å². The molecular weight excluding hydrogens is 460 g/mol. The Morgan fingerprint density at radius 2 is 1.64 bits per heavy atom. The number of fused-ring (bicyclic) bond motifs is 1. The van der Waals surface area contributed by atoms with Crippen molar-refractivity contribution in [2.45, 2.75) is 0 Å². The van der Waals surface area contributed by atoms with Crippen molar-refractivity contribution in [3.8, 4) is 22.3 Å². The van der Waals surface area contributed by atoms with Crippen molar-refractivity contribution in [1.29, 1.82) is 0 Å². The molecule has 2 aliphatic heterocycles. The summed E-state index contributed by atoms with van der Waals surface area (Å²) < 4.78 is 29.4. The van der Waals surface area contributed by atoms with Crippen LogP contribution in [0.1, 0.15) is 0 Å². The fourth-order valence-corrected chi connectivity index (χ4v) is 5.07. The van der Waals surface area contributed by atoms with Gasteiger partial charge < -0.3 is 25.0 Å². The van der Waals surface area contributed by atoms with Gasteiger partial charge in [0.2, 0.25) is 0 Å². The Morgan fingerprint density at radius 1 is 0.833 bits per heavy atom. The summed E-state index contributed by atoms with van der Waals surface area (Å²) in [5, 5.41) is 4.18. The molecule has 0 aliphatic carbocycles. The molecule has 0 radical (unpaired) electrons. The molecule has 5 heterocycles. The van der Waals surface area contributed by atoms with Crippen LogP contribution in [-0.4, -0.2) is 79.3 Å². The van der Waals surface area contributed by atoms with E-state index in [1.54, 1.807) is 12.3 Å². The Kier molecular flexibility index (Phi) is 6.02. The van der Waals surface area contributed by atoms with Gasteiger partial charge in [0.15, 0.2) is 11.6 Å². The lowest BCUT2D eigenvalue weighted by atomic mass is 10.0. The molecule has 2 aliphatic rings. The minimum Gasteiger partial charge on any atom is -0.367 e. The molecule has 2 N–H and O–H groups in total. The van der Waals surface area contributed by atoms with Crippen LogP contribution in [0, 0.1) is 11.6 Å².